The average molecular weight is 202 g/mol. The van der Waals surface area contributed by atoms with E-state index in [-0.39, 0.29) is 12.4 Å². The van der Waals surface area contributed by atoms with Crippen molar-refractivity contribution in [3.8, 4) is 0 Å². The second kappa shape index (κ2) is 3.78. The van der Waals surface area contributed by atoms with Crippen LogP contribution in [0.4, 0.5) is 0 Å². The van der Waals surface area contributed by atoms with Gasteiger partial charge in [-0.2, -0.15) is 0 Å². The molecule has 0 radical (unpaired) electrons. The van der Waals surface area contributed by atoms with E-state index >= 15 is 0 Å². The molecule has 0 aromatic rings. The smallest absolute Gasteiger partial charge is 0.00981 e. The number of nitrogens with one attached hydrogen (secondary N) is 1. The topological polar surface area (TPSA) is 12.0 Å². The molecule has 3 saturated carbocycles. The normalized spacial score (nSPS) is 42.0. The summed E-state index contributed by atoms with van der Waals surface area (Å²) in [7, 11) is 0. The van der Waals surface area contributed by atoms with Gasteiger partial charge in [0.05, 0.1) is 0 Å². The monoisotopic (exact) mass is 201 g/mol. The first-order valence-electron chi connectivity index (χ1n) is 5.67. The Morgan fingerprint density at radius 1 is 1.08 bits per heavy atom. The molecule has 3 aliphatic rings. The fourth-order valence-electron chi connectivity index (χ4n) is 2.80. The molecular weight excluding hydrogens is 182 g/mol. The Hall–Kier alpha value is 0.250. The van der Waals surface area contributed by atoms with Crippen LogP contribution in [0.25, 0.3) is 0 Å². The first kappa shape index (κ1) is 9.79. The highest BCUT2D eigenvalue weighted by molar-refractivity contribution is 5.85. The van der Waals surface area contributed by atoms with Gasteiger partial charge < -0.3 is 5.32 Å². The second-order valence-electron chi connectivity index (χ2n) is 5.05. The van der Waals surface area contributed by atoms with Crippen LogP contribution < -0.4 is 5.32 Å². The van der Waals surface area contributed by atoms with Crippen LogP contribution >= 0.6 is 12.4 Å². The van der Waals surface area contributed by atoms with Crippen molar-refractivity contribution in [2.75, 3.05) is 6.54 Å². The van der Waals surface area contributed by atoms with E-state index in [2.05, 4.69) is 5.32 Å². The lowest BCUT2D eigenvalue weighted by Gasteiger charge is -2.22. The van der Waals surface area contributed by atoms with Crippen LogP contribution in [0.1, 0.15) is 38.5 Å². The number of fused-ring (bicyclic) bond motifs is 1. The molecule has 0 heterocycles. The van der Waals surface area contributed by atoms with Crippen LogP contribution in [0.15, 0.2) is 0 Å². The molecule has 1 nitrogen and oxygen atoms in total. The van der Waals surface area contributed by atoms with Crippen molar-refractivity contribution in [2.45, 2.75) is 44.6 Å². The van der Waals surface area contributed by atoms with E-state index in [1.54, 1.807) is 6.42 Å². The predicted molar refractivity (Wildman–Crippen MR) is 57.2 cm³/mol. The highest BCUT2D eigenvalue weighted by atomic mass is 35.5. The van der Waals surface area contributed by atoms with E-state index in [4.69, 9.17) is 0 Å². The molecule has 0 aromatic carbocycles. The summed E-state index contributed by atoms with van der Waals surface area (Å²) < 4.78 is 0. The minimum Gasteiger partial charge on any atom is -0.313 e. The first-order chi connectivity index (χ1) is 5.93. The number of hydrogen-bond donors (Lipinski definition) is 1. The Morgan fingerprint density at radius 3 is 2.69 bits per heavy atom. The summed E-state index contributed by atoms with van der Waals surface area (Å²) in [4.78, 5) is 0. The first-order valence-corrected chi connectivity index (χ1v) is 5.67. The molecule has 0 aliphatic heterocycles. The Morgan fingerprint density at radius 2 is 1.92 bits per heavy atom. The molecule has 0 aromatic heterocycles. The summed E-state index contributed by atoms with van der Waals surface area (Å²) in [5.41, 5.74) is 0. The highest BCUT2D eigenvalue weighted by Gasteiger charge is 2.45. The molecule has 13 heavy (non-hydrogen) atoms. The Bertz CT molecular complexity index is 179. The Labute approximate surface area is 87.1 Å². The molecule has 76 valence electrons. The van der Waals surface area contributed by atoms with Crippen LogP contribution in [0.2, 0.25) is 0 Å². The van der Waals surface area contributed by atoms with Gasteiger partial charge >= 0.3 is 0 Å². The molecule has 0 amide bonds. The zero-order chi connectivity index (χ0) is 7.97. The minimum atomic E-state index is 0. The lowest BCUT2D eigenvalue weighted by Crippen LogP contribution is -2.34. The largest absolute Gasteiger partial charge is 0.313 e. The maximum absolute atomic E-state index is 3.77. The summed E-state index contributed by atoms with van der Waals surface area (Å²) >= 11 is 0. The van der Waals surface area contributed by atoms with Gasteiger partial charge in [-0.25, -0.2) is 0 Å². The molecule has 0 bridgehead atoms. The molecule has 3 rings (SSSR count). The van der Waals surface area contributed by atoms with Gasteiger partial charge in [0, 0.05) is 6.04 Å². The van der Waals surface area contributed by atoms with Gasteiger partial charge in [-0.05, 0) is 50.0 Å². The quantitative estimate of drug-likeness (QED) is 0.741. The summed E-state index contributed by atoms with van der Waals surface area (Å²) in [6, 6.07) is 0.921. The van der Waals surface area contributed by atoms with Crippen molar-refractivity contribution in [3.63, 3.8) is 0 Å². The second-order valence-corrected chi connectivity index (χ2v) is 5.05. The molecule has 3 atom stereocenters. The van der Waals surface area contributed by atoms with E-state index in [0.717, 1.165) is 23.8 Å². The highest BCUT2D eigenvalue weighted by Crippen LogP contribution is 2.49. The van der Waals surface area contributed by atoms with Crippen LogP contribution in [0, 0.1) is 17.8 Å². The van der Waals surface area contributed by atoms with Crippen LogP contribution in [-0.2, 0) is 0 Å². The van der Waals surface area contributed by atoms with Gasteiger partial charge in [0.15, 0.2) is 0 Å². The summed E-state index contributed by atoms with van der Waals surface area (Å²) in [5.74, 6) is 3.29. The fraction of sp³-hybridized carbons (Fsp3) is 1.00. The zero-order valence-electron chi connectivity index (χ0n) is 8.17. The van der Waals surface area contributed by atoms with E-state index in [1.165, 1.54) is 38.6 Å². The third-order valence-corrected chi connectivity index (χ3v) is 3.95. The van der Waals surface area contributed by atoms with Crippen LogP contribution in [-0.4, -0.2) is 12.6 Å². The Balaban J connectivity index is 0.000000653. The summed E-state index contributed by atoms with van der Waals surface area (Å²) in [6.07, 6.45) is 9.02. The van der Waals surface area contributed by atoms with Crippen molar-refractivity contribution in [2.24, 2.45) is 17.8 Å². The SMILES string of the molecule is C1CC2CC2C(NCC2CC2)C1.Cl. The molecule has 1 N–H and O–H groups in total. The number of halogens is 1. The molecule has 2 heteroatoms. The lowest BCUT2D eigenvalue weighted by atomic mass is 9.95. The molecule has 0 saturated heterocycles. The van der Waals surface area contributed by atoms with Crippen molar-refractivity contribution in [1.82, 2.24) is 5.32 Å². The van der Waals surface area contributed by atoms with E-state index < -0.39 is 0 Å². The maximum atomic E-state index is 3.77. The van der Waals surface area contributed by atoms with Gasteiger partial charge in [0.25, 0.3) is 0 Å². The summed E-state index contributed by atoms with van der Waals surface area (Å²) in [6.45, 7) is 1.33. The fourth-order valence-corrected chi connectivity index (χ4v) is 2.80. The molecule has 3 aliphatic carbocycles. The van der Waals surface area contributed by atoms with Crippen molar-refractivity contribution in [1.29, 1.82) is 0 Å². The zero-order valence-corrected chi connectivity index (χ0v) is 8.98. The Kier molecular flexibility index (Phi) is 2.85. The van der Waals surface area contributed by atoms with Crippen LogP contribution in [0.5, 0.6) is 0 Å². The van der Waals surface area contributed by atoms with Gasteiger partial charge in [0.1, 0.15) is 0 Å². The molecule has 0 spiro atoms. The molecule has 3 fully saturated rings. The maximum Gasteiger partial charge on any atom is 0.00981 e. The lowest BCUT2D eigenvalue weighted by molar-refractivity contribution is 0.350. The molecule has 3 unspecified atom stereocenters. The van der Waals surface area contributed by atoms with Gasteiger partial charge in [0.2, 0.25) is 0 Å². The molecular formula is C11H20ClN. The van der Waals surface area contributed by atoms with Gasteiger partial charge in [-0.1, -0.05) is 12.8 Å². The third kappa shape index (κ3) is 2.19. The van der Waals surface area contributed by atoms with Gasteiger partial charge in [-0.3, -0.25) is 0 Å². The van der Waals surface area contributed by atoms with Crippen molar-refractivity contribution in [3.05, 3.63) is 0 Å². The average Bonchev–Trinajstić information content (AvgIpc) is 2.95. The third-order valence-electron chi connectivity index (χ3n) is 3.95. The summed E-state index contributed by atoms with van der Waals surface area (Å²) in [5, 5.41) is 3.77. The van der Waals surface area contributed by atoms with Gasteiger partial charge in [-0.15, -0.1) is 12.4 Å². The van der Waals surface area contributed by atoms with Crippen molar-refractivity contribution < 1.29 is 0 Å². The number of rotatable bonds is 3. The van der Waals surface area contributed by atoms with E-state index in [9.17, 15) is 0 Å². The van der Waals surface area contributed by atoms with Crippen molar-refractivity contribution >= 4 is 12.4 Å². The number of hydrogen-bond acceptors (Lipinski definition) is 1. The van der Waals surface area contributed by atoms with E-state index in [0.29, 0.717) is 0 Å². The minimum absolute atomic E-state index is 0. The van der Waals surface area contributed by atoms with E-state index in [1.807, 2.05) is 0 Å². The standard InChI is InChI=1S/C11H19N.ClH/c1-2-9-6-10(9)11(3-1)12-7-8-4-5-8;/h8-12H,1-7H2;1H. The van der Waals surface area contributed by atoms with Crippen LogP contribution in [0.3, 0.4) is 0 Å². The predicted octanol–water partition coefficient (Wildman–Crippen LogP) is 2.60.